The molecule has 0 unspecified atom stereocenters. The summed E-state index contributed by atoms with van der Waals surface area (Å²) in [4.78, 5) is 15.0. The summed E-state index contributed by atoms with van der Waals surface area (Å²) < 4.78 is 3.19. The summed E-state index contributed by atoms with van der Waals surface area (Å²) in [6.45, 7) is 9.08. The molecule has 0 saturated heterocycles. The SMILES string of the molecule is C=C(C)CN(CC)C(=O)CSc1nnc2sc3ccccc3n12. The monoisotopic (exact) mass is 346 g/mol. The van der Waals surface area contributed by atoms with Crippen molar-refractivity contribution < 1.29 is 4.79 Å². The van der Waals surface area contributed by atoms with Gasteiger partial charge in [-0.15, -0.1) is 10.2 Å². The average molecular weight is 346 g/mol. The number of thioether (sulfide) groups is 1. The van der Waals surface area contributed by atoms with Gasteiger partial charge in [-0.05, 0) is 26.0 Å². The highest BCUT2D eigenvalue weighted by Gasteiger charge is 2.16. The molecule has 0 atom stereocenters. The average Bonchev–Trinajstić information content (AvgIpc) is 3.09. The van der Waals surface area contributed by atoms with Crippen LogP contribution in [0.1, 0.15) is 13.8 Å². The molecule has 3 aromatic rings. The summed E-state index contributed by atoms with van der Waals surface area (Å²) in [5.74, 6) is 0.448. The number of amides is 1. The van der Waals surface area contributed by atoms with E-state index >= 15 is 0 Å². The number of carbonyl (C=O) groups excluding carboxylic acids is 1. The highest BCUT2D eigenvalue weighted by atomic mass is 32.2. The quantitative estimate of drug-likeness (QED) is 0.507. The number of carbonyl (C=O) groups is 1. The first-order valence-electron chi connectivity index (χ1n) is 7.37. The van der Waals surface area contributed by atoms with E-state index in [0.29, 0.717) is 18.8 Å². The summed E-state index contributed by atoms with van der Waals surface area (Å²) in [7, 11) is 0. The molecule has 0 spiro atoms. The fourth-order valence-corrected chi connectivity index (χ4v) is 4.24. The maximum Gasteiger partial charge on any atom is 0.233 e. The van der Waals surface area contributed by atoms with Gasteiger partial charge in [0.1, 0.15) is 0 Å². The number of hydrogen-bond acceptors (Lipinski definition) is 5. The predicted octanol–water partition coefficient (Wildman–Crippen LogP) is 3.46. The molecule has 5 nitrogen and oxygen atoms in total. The van der Waals surface area contributed by atoms with Crippen molar-refractivity contribution in [3.8, 4) is 0 Å². The van der Waals surface area contributed by atoms with Crippen LogP contribution in [0.15, 0.2) is 41.6 Å². The largest absolute Gasteiger partial charge is 0.338 e. The molecule has 1 amide bonds. The standard InChI is InChI=1S/C16H18N4OS2/c1-4-19(9-11(2)3)14(21)10-22-15-17-18-16-20(15)12-7-5-6-8-13(12)23-16/h5-8H,2,4,9-10H2,1,3H3. The van der Waals surface area contributed by atoms with Crippen molar-refractivity contribution in [2.24, 2.45) is 0 Å². The van der Waals surface area contributed by atoms with Gasteiger partial charge in [0.05, 0.1) is 16.0 Å². The predicted molar refractivity (Wildman–Crippen MR) is 96.2 cm³/mol. The zero-order valence-electron chi connectivity index (χ0n) is 13.2. The third-order valence-corrected chi connectivity index (χ3v) is 5.36. The minimum absolute atomic E-state index is 0.0942. The number of fused-ring (bicyclic) bond motifs is 3. The highest BCUT2D eigenvalue weighted by molar-refractivity contribution is 7.99. The Morgan fingerprint density at radius 2 is 2.17 bits per heavy atom. The van der Waals surface area contributed by atoms with Gasteiger partial charge in [0.15, 0.2) is 5.16 Å². The second-order valence-electron chi connectivity index (χ2n) is 5.32. The van der Waals surface area contributed by atoms with E-state index in [-0.39, 0.29) is 5.91 Å². The Balaban J connectivity index is 1.79. The van der Waals surface area contributed by atoms with E-state index in [4.69, 9.17) is 0 Å². The summed E-state index contributed by atoms with van der Waals surface area (Å²) in [6, 6.07) is 8.13. The van der Waals surface area contributed by atoms with Crippen LogP contribution in [-0.2, 0) is 4.79 Å². The summed E-state index contributed by atoms with van der Waals surface area (Å²) >= 11 is 3.04. The van der Waals surface area contributed by atoms with Gasteiger partial charge in [-0.3, -0.25) is 9.20 Å². The van der Waals surface area contributed by atoms with E-state index in [0.717, 1.165) is 21.2 Å². The number of hydrogen-bond donors (Lipinski definition) is 0. The van der Waals surface area contributed by atoms with Crippen LogP contribution in [0.5, 0.6) is 0 Å². The smallest absolute Gasteiger partial charge is 0.233 e. The first-order valence-corrected chi connectivity index (χ1v) is 9.18. The number of likely N-dealkylation sites (N-methyl/N-ethyl adjacent to an activating group) is 1. The lowest BCUT2D eigenvalue weighted by atomic mass is 10.3. The Morgan fingerprint density at radius 3 is 2.91 bits per heavy atom. The van der Waals surface area contributed by atoms with Gasteiger partial charge in [-0.25, -0.2) is 0 Å². The molecular weight excluding hydrogens is 328 g/mol. The van der Waals surface area contributed by atoms with E-state index in [9.17, 15) is 4.79 Å². The Bertz CT molecular complexity index is 867. The molecule has 0 fully saturated rings. The number of rotatable bonds is 6. The van der Waals surface area contributed by atoms with Gasteiger partial charge in [0.25, 0.3) is 0 Å². The summed E-state index contributed by atoms with van der Waals surface area (Å²) in [5, 5.41) is 9.20. The van der Waals surface area contributed by atoms with Crippen molar-refractivity contribution in [2.45, 2.75) is 19.0 Å². The van der Waals surface area contributed by atoms with Crippen molar-refractivity contribution in [2.75, 3.05) is 18.8 Å². The second-order valence-corrected chi connectivity index (χ2v) is 7.28. The van der Waals surface area contributed by atoms with Gasteiger partial charge in [-0.1, -0.05) is 47.4 Å². The van der Waals surface area contributed by atoms with Crippen molar-refractivity contribution >= 4 is 44.2 Å². The lowest BCUT2D eigenvalue weighted by molar-refractivity contribution is -0.127. The molecule has 0 saturated carbocycles. The Hall–Kier alpha value is -1.86. The molecule has 3 rings (SSSR count). The molecule has 120 valence electrons. The molecule has 0 aliphatic rings. The Morgan fingerprint density at radius 1 is 1.39 bits per heavy atom. The van der Waals surface area contributed by atoms with Gasteiger partial charge in [-0.2, -0.15) is 0 Å². The molecule has 2 aromatic heterocycles. The van der Waals surface area contributed by atoms with Gasteiger partial charge >= 0.3 is 0 Å². The molecule has 23 heavy (non-hydrogen) atoms. The molecule has 0 radical (unpaired) electrons. The molecule has 0 bridgehead atoms. The first kappa shape index (κ1) is 16.0. The van der Waals surface area contributed by atoms with Crippen LogP contribution < -0.4 is 0 Å². The molecule has 2 heterocycles. The molecule has 0 N–H and O–H groups in total. The van der Waals surface area contributed by atoms with Crippen LogP contribution in [0.3, 0.4) is 0 Å². The summed E-state index contributed by atoms with van der Waals surface area (Å²) in [5.41, 5.74) is 2.07. The topological polar surface area (TPSA) is 50.5 Å². The van der Waals surface area contributed by atoms with Crippen LogP contribution in [0.2, 0.25) is 0 Å². The molecule has 7 heteroatoms. The van der Waals surface area contributed by atoms with Gasteiger partial charge in [0, 0.05) is 13.1 Å². The minimum atomic E-state index is 0.0942. The number of nitrogens with zero attached hydrogens (tertiary/aromatic N) is 4. The van der Waals surface area contributed by atoms with Gasteiger partial charge in [0.2, 0.25) is 10.9 Å². The number of thiazole rings is 1. The Kier molecular flexibility index (Phi) is 4.68. The van der Waals surface area contributed by atoms with Crippen LogP contribution >= 0.6 is 23.1 Å². The van der Waals surface area contributed by atoms with Crippen molar-refractivity contribution in [3.63, 3.8) is 0 Å². The summed E-state index contributed by atoms with van der Waals surface area (Å²) in [6.07, 6.45) is 0. The second kappa shape index (κ2) is 6.72. The number of aromatic nitrogens is 3. The zero-order valence-corrected chi connectivity index (χ0v) is 14.8. The Labute approximate surface area is 143 Å². The lowest BCUT2D eigenvalue weighted by Crippen LogP contribution is -2.33. The first-order chi connectivity index (χ1) is 11.1. The maximum absolute atomic E-state index is 12.4. The van der Waals surface area contributed by atoms with Crippen molar-refractivity contribution in [1.82, 2.24) is 19.5 Å². The van der Waals surface area contributed by atoms with E-state index in [2.05, 4.69) is 22.8 Å². The maximum atomic E-state index is 12.4. The van der Waals surface area contributed by atoms with Crippen LogP contribution in [-0.4, -0.2) is 44.2 Å². The fourth-order valence-electron chi connectivity index (χ4n) is 2.37. The minimum Gasteiger partial charge on any atom is -0.338 e. The number of para-hydroxylation sites is 1. The van der Waals surface area contributed by atoms with Crippen LogP contribution in [0, 0.1) is 0 Å². The van der Waals surface area contributed by atoms with Crippen LogP contribution in [0.25, 0.3) is 15.2 Å². The van der Waals surface area contributed by atoms with Crippen molar-refractivity contribution in [3.05, 3.63) is 36.4 Å². The highest BCUT2D eigenvalue weighted by Crippen LogP contribution is 2.29. The van der Waals surface area contributed by atoms with Gasteiger partial charge < -0.3 is 4.90 Å². The molecular formula is C16H18N4OS2. The molecule has 0 aliphatic carbocycles. The van der Waals surface area contributed by atoms with E-state index in [1.807, 2.05) is 36.4 Å². The fraction of sp³-hybridized carbons (Fsp3) is 0.312. The van der Waals surface area contributed by atoms with Crippen LogP contribution in [0.4, 0.5) is 0 Å². The molecule has 0 aliphatic heterocycles. The van der Waals surface area contributed by atoms with E-state index in [1.165, 1.54) is 16.5 Å². The molecule has 1 aromatic carbocycles. The number of benzene rings is 1. The third kappa shape index (κ3) is 3.25. The van der Waals surface area contributed by atoms with E-state index in [1.54, 1.807) is 16.2 Å². The lowest BCUT2D eigenvalue weighted by Gasteiger charge is -2.20. The third-order valence-electron chi connectivity index (χ3n) is 3.43. The normalized spacial score (nSPS) is 11.2. The van der Waals surface area contributed by atoms with Crippen molar-refractivity contribution in [1.29, 1.82) is 0 Å². The zero-order chi connectivity index (χ0) is 16.4. The van der Waals surface area contributed by atoms with E-state index < -0.39 is 0 Å².